The zero-order chi connectivity index (χ0) is 11.6. The smallest absolute Gasteiger partial charge is 0.333 e. The molecule has 0 fully saturated rings. The average molecular weight is 233 g/mol. The summed E-state index contributed by atoms with van der Waals surface area (Å²) in [6.07, 6.45) is -0.657. The molecule has 0 aliphatic rings. The van der Waals surface area contributed by atoms with Crippen LogP contribution in [0.15, 0.2) is 0 Å². The van der Waals surface area contributed by atoms with Crippen molar-refractivity contribution in [1.29, 1.82) is 0 Å². The van der Waals surface area contributed by atoms with Crippen LogP contribution in [0.1, 0.15) is 11.3 Å². The third-order valence-corrected chi connectivity index (χ3v) is 2.69. The normalized spacial score (nSPS) is 12.8. The number of hydrogen-bond donors (Lipinski definition) is 1. The molecule has 1 atom stereocenters. The van der Waals surface area contributed by atoms with Crippen molar-refractivity contribution >= 4 is 17.6 Å². The van der Waals surface area contributed by atoms with Crippen LogP contribution in [0.25, 0.3) is 0 Å². The van der Waals surface area contributed by atoms with E-state index in [1.54, 1.807) is 14.0 Å². The fourth-order valence-corrected chi connectivity index (χ4v) is 1.61. The molecule has 1 unspecified atom stereocenters. The van der Waals surface area contributed by atoms with Crippen LogP contribution in [0.2, 0.25) is 5.15 Å². The van der Waals surface area contributed by atoms with Crippen LogP contribution in [-0.4, -0.2) is 34.1 Å². The summed E-state index contributed by atoms with van der Waals surface area (Å²) in [6.45, 7) is 1.79. The van der Waals surface area contributed by atoms with Crippen LogP contribution < -0.4 is 0 Å². The summed E-state index contributed by atoms with van der Waals surface area (Å²) in [6, 6.07) is 0. The van der Waals surface area contributed by atoms with Gasteiger partial charge in [0.15, 0.2) is 6.10 Å². The van der Waals surface area contributed by atoms with Gasteiger partial charge in [-0.1, -0.05) is 11.6 Å². The van der Waals surface area contributed by atoms with Gasteiger partial charge in [0, 0.05) is 26.1 Å². The third kappa shape index (κ3) is 2.49. The molecule has 0 bridgehead atoms. The molecule has 0 spiro atoms. The molecule has 1 aromatic heterocycles. The number of ether oxygens (including phenoxy) is 1. The van der Waals surface area contributed by atoms with E-state index in [0.717, 1.165) is 5.69 Å². The fraction of sp³-hybridized carbons (Fsp3) is 0.556. The Hall–Kier alpha value is -1.07. The number of hydrogen-bond acceptors (Lipinski definition) is 3. The molecule has 0 aromatic carbocycles. The number of aromatic nitrogens is 2. The summed E-state index contributed by atoms with van der Waals surface area (Å²) in [7, 11) is 3.07. The third-order valence-electron chi connectivity index (χ3n) is 2.22. The Balaban J connectivity index is 2.92. The van der Waals surface area contributed by atoms with E-state index in [0.29, 0.717) is 10.7 Å². The van der Waals surface area contributed by atoms with Gasteiger partial charge in [-0.15, -0.1) is 0 Å². The van der Waals surface area contributed by atoms with Crippen molar-refractivity contribution in [3.8, 4) is 0 Å². The van der Waals surface area contributed by atoms with Gasteiger partial charge in [-0.05, 0) is 6.92 Å². The molecular formula is C9H13ClN2O3. The molecule has 15 heavy (non-hydrogen) atoms. The zero-order valence-electron chi connectivity index (χ0n) is 8.82. The summed E-state index contributed by atoms with van der Waals surface area (Å²) < 4.78 is 6.35. The SMILES string of the molecule is COC(Cc1c(C)nn(C)c1Cl)C(=O)O. The van der Waals surface area contributed by atoms with Gasteiger partial charge in [-0.2, -0.15) is 5.10 Å². The maximum atomic E-state index is 10.8. The molecule has 0 saturated heterocycles. The molecule has 0 radical (unpaired) electrons. The minimum atomic E-state index is -1.00. The van der Waals surface area contributed by atoms with E-state index in [-0.39, 0.29) is 6.42 Å². The fourth-order valence-electron chi connectivity index (χ4n) is 1.36. The first-order valence-electron chi connectivity index (χ1n) is 4.41. The lowest BCUT2D eigenvalue weighted by Gasteiger charge is -2.09. The van der Waals surface area contributed by atoms with Crippen molar-refractivity contribution in [3.05, 3.63) is 16.4 Å². The second kappa shape index (κ2) is 4.63. The molecule has 0 saturated carbocycles. The van der Waals surface area contributed by atoms with Crippen LogP contribution in [0.3, 0.4) is 0 Å². The molecule has 1 rings (SSSR count). The van der Waals surface area contributed by atoms with Crippen molar-refractivity contribution in [3.63, 3.8) is 0 Å². The van der Waals surface area contributed by atoms with E-state index in [9.17, 15) is 4.79 Å². The second-order valence-corrected chi connectivity index (χ2v) is 3.60. The lowest BCUT2D eigenvalue weighted by Crippen LogP contribution is -2.25. The van der Waals surface area contributed by atoms with E-state index in [2.05, 4.69) is 5.10 Å². The first kappa shape index (κ1) is 12.0. The number of carboxylic acid groups (broad SMARTS) is 1. The van der Waals surface area contributed by atoms with Gasteiger partial charge in [0.1, 0.15) is 5.15 Å². The number of carbonyl (C=O) groups is 1. The number of carboxylic acids is 1. The molecule has 84 valence electrons. The van der Waals surface area contributed by atoms with Crippen molar-refractivity contribution in [2.24, 2.45) is 7.05 Å². The quantitative estimate of drug-likeness (QED) is 0.842. The first-order valence-corrected chi connectivity index (χ1v) is 4.78. The molecule has 1 N–H and O–H groups in total. The highest BCUT2D eigenvalue weighted by Crippen LogP contribution is 2.20. The van der Waals surface area contributed by atoms with Crippen LogP contribution in [-0.2, 0) is 23.0 Å². The topological polar surface area (TPSA) is 64.4 Å². The monoisotopic (exact) mass is 232 g/mol. The molecule has 0 amide bonds. The summed E-state index contributed by atoms with van der Waals surface area (Å²) >= 11 is 5.97. The Bertz CT molecular complexity index is 376. The summed E-state index contributed by atoms with van der Waals surface area (Å²) in [4.78, 5) is 10.8. The first-order chi connectivity index (χ1) is 6.97. The Kier molecular flexibility index (Phi) is 3.71. The van der Waals surface area contributed by atoms with E-state index in [1.165, 1.54) is 11.8 Å². The van der Waals surface area contributed by atoms with Crippen LogP contribution in [0, 0.1) is 6.92 Å². The van der Waals surface area contributed by atoms with Crippen LogP contribution in [0.5, 0.6) is 0 Å². The number of rotatable bonds is 4. The highest BCUT2D eigenvalue weighted by Gasteiger charge is 2.21. The van der Waals surface area contributed by atoms with E-state index in [1.807, 2.05) is 0 Å². The second-order valence-electron chi connectivity index (χ2n) is 3.25. The van der Waals surface area contributed by atoms with Gasteiger partial charge in [0.05, 0.1) is 5.69 Å². The highest BCUT2D eigenvalue weighted by molar-refractivity contribution is 6.30. The summed E-state index contributed by atoms with van der Waals surface area (Å²) in [5, 5.41) is 13.4. The minimum absolute atomic E-state index is 0.227. The van der Waals surface area contributed by atoms with Gasteiger partial charge in [0.2, 0.25) is 0 Å². The van der Waals surface area contributed by atoms with Crippen molar-refractivity contribution in [1.82, 2.24) is 9.78 Å². The van der Waals surface area contributed by atoms with Gasteiger partial charge < -0.3 is 9.84 Å². The van der Waals surface area contributed by atoms with Gasteiger partial charge in [-0.25, -0.2) is 4.79 Å². The van der Waals surface area contributed by atoms with Crippen molar-refractivity contribution in [2.75, 3.05) is 7.11 Å². The number of methoxy groups -OCH3 is 1. The highest BCUT2D eigenvalue weighted by atomic mass is 35.5. The molecule has 6 heteroatoms. The summed E-state index contributed by atoms with van der Waals surface area (Å²) in [5.74, 6) is -1.00. The Labute approximate surface area is 92.6 Å². The predicted molar refractivity (Wildman–Crippen MR) is 55.1 cm³/mol. The average Bonchev–Trinajstić information content (AvgIpc) is 2.39. The largest absolute Gasteiger partial charge is 0.479 e. The lowest BCUT2D eigenvalue weighted by molar-refractivity contribution is -0.148. The van der Waals surface area contributed by atoms with E-state index < -0.39 is 12.1 Å². The molecule has 1 aromatic rings. The number of halogens is 1. The minimum Gasteiger partial charge on any atom is -0.479 e. The van der Waals surface area contributed by atoms with E-state index >= 15 is 0 Å². The maximum Gasteiger partial charge on any atom is 0.333 e. The molecule has 1 heterocycles. The molecular weight excluding hydrogens is 220 g/mol. The molecule has 0 aliphatic carbocycles. The maximum absolute atomic E-state index is 10.8. The van der Waals surface area contributed by atoms with Gasteiger partial charge in [0.25, 0.3) is 0 Å². The molecule has 0 aliphatic heterocycles. The van der Waals surface area contributed by atoms with Crippen LogP contribution in [0.4, 0.5) is 0 Å². The molecule has 5 nitrogen and oxygen atoms in total. The standard InChI is InChI=1S/C9H13ClN2O3/c1-5-6(8(10)12(2)11-5)4-7(15-3)9(13)14/h7H,4H2,1-3H3,(H,13,14). The predicted octanol–water partition coefficient (Wildman–Crippen LogP) is 1.02. The Morgan fingerprint density at radius 3 is 2.67 bits per heavy atom. The van der Waals surface area contributed by atoms with Gasteiger partial charge in [-0.3, -0.25) is 4.68 Å². The van der Waals surface area contributed by atoms with E-state index in [4.69, 9.17) is 21.4 Å². The van der Waals surface area contributed by atoms with Crippen molar-refractivity contribution in [2.45, 2.75) is 19.4 Å². The lowest BCUT2D eigenvalue weighted by atomic mass is 10.1. The van der Waals surface area contributed by atoms with Crippen LogP contribution >= 0.6 is 11.6 Å². The Morgan fingerprint density at radius 2 is 2.33 bits per heavy atom. The number of aliphatic carboxylic acids is 1. The zero-order valence-corrected chi connectivity index (χ0v) is 9.58. The number of aryl methyl sites for hydroxylation is 2. The summed E-state index contributed by atoms with van der Waals surface area (Å²) in [5.41, 5.74) is 1.44. The van der Waals surface area contributed by atoms with Gasteiger partial charge >= 0.3 is 5.97 Å². The number of nitrogens with zero attached hydrogens (tertiary/aromatic N) is 2. The van der Waals surface area contributed by atoms with Crippen molar-refractivity contribution < 1.29 is 14.6 Å². The Morgan fingerprint density at radius 1 is 1.73 bits per heavy atom.